The van der Waals surface area contributed by atoms with Gasteiger partial charge in [0, 0.05) is 11.6 Å². The molecular formula is C19H20N2O3S. The smallest absolute Gasteiger partial charge is 0.251 e. The van der Waals surface area contributed by atoms with Gasteiger partial charge in [-0.05, 0) is 55.0 Å². The molecule has 0 aliphatic heterocycles. The molecule has 25 heavy (non-hydrogen) atoms. The highest BCUT2D eigenvalue weighted by Crippen LogP contribution is 2.31. The van der Waals surface area contributed by atoms with Gasteiger partial charge in [0.15, 0.2) is 0 Å². The van der Waals surface area contributed by atoms with Crippen molar-refractivity contribution in [3.63, 3.8) is 0 Å². The van der Waals surface area contributed by atoms with E-state index in [9.17, 15) is 13.2 Å². The van der Waals surface area contributed by atoms with E-state index in [-0.39, 0.29) is 22.9 Å². The molecule has 2 aromatic carbocycles. The molecule has 1 fully saturated rings. The highest BCUT2D eigenvalue weighted by molar-refractivity contribution is 7.89. The highest BCUT2D eigenvalue weighted by atomic mass is 32.2. The van der Waals surface area contributed by atoms with Crippen LogP contribution in [0.1, 0.15) is 46.8 Å². The van der Waals surface area contributed by atoms with Gasteiger partial charge in [0.05, 0.1) is 10.9 Å². The maximum Gasteiger partial charge on any atom is 0.251 e. The van der Waals surface area contributed by atoms with Gasteiger partial charge in [-0.3, -0.25) is 4.79 Å². The van der Waals surface area contributed by atoms with E-state index in [4.69, 9.17) is 0 Å². The predicted molar refractivity (Wildman–Crippen MR) is 94.8 cm³/mol. The van der Waals surface area contributed by atoms with Crippen molar-refractivity contribution < 1.29 is 13.2 Å². The van der Waals surface area contributed by atoms with Crippen LogP contribution in [0.2, 0.25) is 0 Å². The number of carbonyl (C=O) groups excluding carboxylic acids is 1. The Morgan fingerprint density at radius 1 is 1.00 bits per heavy atom. The number of benzene rings is 2. The molecule has 6 heteroatoms. The van der Waals surface area contributed by atoms with Crippen molar-refractivity contribution in [1.29, 1.82) is 0 Å². The maximum atomic E-state index is 12.6. The second-order valence-electron chi connectivity index (χ2n) is 6.69. The molecular weight excluding hydrogens is 336 g/mol. The SMILES string of the molecule is O=C(NC1CCc2ccccc21)c1cccc(S(=O)(=O)NC2CC2)c1. The Kier molecular flexibility index (Phi) is 4.09. The van der Waals surface area contributed by atoms with Crippen LogP contribution >= 0.6 is 0 Å². The number of aryl methyl sites for hydroxylation is 1. The Morgan fingerprint density at radius 2 is 1.80 bits per heavy atom. The lowest BCUT2D eigenvalue weighted by molar-refractivity contribution is 0.0936. The molecule has 1 saturated carbocycles. The van der Waals surface area contributed by atoms with Gasteiger partial charge in [-0.1, -0.05) is 30.3 Å². The summed E-state index contributed by atoms with van der Waals surface area (Å²) in [6.07, 6.45) is 3.56. The maximum absolute atomic E-state index is 12.6. The van der Waals surface area contributed by atoms with E-state index < -0.39 is 10.0 Å². The number of fused-ring (bicyclic) bond motifs is 1. The van der Waals surface area contributed by atoms with Gasteiger partial charge < -0.3 is 5.32 Å². The lowest BCUT2D eigenvalue weighted by Crippen LogP contribution is -2.28. The van der Waals surface area contributed by atoms with E-state index in [1.165, 1.54) is 17.7 Å². The summed E-state index contributed by atoms with van der Waals surface area (Å²) in [7, 11) is -3.56. The van der Waals surface area contributed by atoms with E-state index in [0.29, 0.717) is 5.56 Å². The largest absolute Gasteiger partial charge is 0.345 e. The molecule has 2 aromatic rings. The molecule has 0 saturated heterocycles. The minimum Gasteiger partial charge on any atom is -0.345 e. The summed E-state index contributed by atoms with van der Waals surface area (Å²) in [5, 5.41) is 3.03. The molecule has 2 aliphatic carbocycles. The van der Waals surface area contributed by atoms with Gasteiger partial charge in [0.1, 0.15) is 0 Å². The number of rotatable bonds is 5. The van der Waals surface area contributed by atoms with Gasteiger partial charge in [-0.2, -0.15) is 0 Å². The summed E-state index contributed by atoms with van der Waals surface area (Å²) < 4.78 is 27.3. The molecule has 0 radical (unpaired) electrons. The van der Waals surface area contributed by atoms with Gasteiger partial charge in [-0.15, -0.1) is 0 Å². The first-order valence-electron chi connectivity index (χ1n) is 8.54. The Balaban J connectivity index is 1.52. The van der Waals surface area contributed by atoms with Crippen molar-refractivity contribution in [2.45, 2.75) is 42.7 Å². The molecule has 130 valence electrons. The highest BCUT2D eigenvalue weighted by Gasteiger charge is 2.29. The van der Waals surface area contributed by atoms with Crippen LogP contribution in [0.3, 0.4) is 0 Å². The van der Waals surface area contributed by atoms with Crippen molar-refractivity contribution in [3.8, 4) is 0 Å². The monoisotopic (exact) mass is 356 g/mol. The van der Waals surface area contributed by atoms with Crippen LogP contribution in [-0.2, 0) is 16.4 Å². The first kappa shape index (κ1) is 16.3. The predicted octanol–water partition coefficient (Wildman–Crippen LogP) is 2.54. The normalized spacial score (nSPS) is 19.4. The topological polar surface area (TPSA) is 75.3 Å². The summed E-state index contributed by atoms with van der Waals surface area (Å²) in [6, 6.07) is 14.3. The van der Waals surface area contributed by atoms with E-state index in [1.807, 2.05) is 18.2 Å². The Labute approximate surface area is 147 Å². The summed E-state index contributed by atoms with van der Waals surface area (Å²) in [5.74, 6) is -0.245. The Morgan fingerprint density at radius 3 is 2.60 bits per heavy atom. The fourth-order valence-corrected chi connectivity index (χ4v) is 4.59. The number of carbonyl (C=O) groups is 1. The number of nitrogens with one attached hydrogen (secondary N) is 2. The Bertz CT molecular complexity index is 920. The van der Waals surface area contributed by atoms with Crippen LogP contribution in [0, 0.1) is 0 Å². The standard InChI is InChI=1S/C19H20N2O3S/c22-19(20-18-11-8-13-4-1-2-7-17(13)18)14-5-3-6-16(12-14)25(23,24)21-15-9-10-15/h1-7,12,15,18,21H,8-11H2,(H,20,22). The van der Waals surface area contributed by atoms with Crippen molar-refractivity contribution in [3.05, 3.63) is 65.2 Å². The van der Waals surface area contributed by atoms with E-state index in [2.05, 4.69) is 16.1 Å². The van der Waals surface area contributed by atoms with Crippen LogP contribution in [0.25, 0.3) is 0 Å². The summed E-state index contributed by atoms with van der Waals surface area (Å²) in [6.45, 7) is 0. The van der Waals surface area contributed by atoms with Gasteiger partial charge in [-0.25, -0.2) is 13.1 Å². The zero-order valence-electron chi connectivity index (χ0n) is 13.7. The van der Waals surface area contributed by atoms with Gasteiger partial charge in [0.25, 0.3) is 5.91 Å². The van der Waals surface area contributed by atoms with E-state index >= 15 is 0 Å². The second kappa shape index (κ2) is 6.28. The lowest BCUT2D eigenvalue weighted by atomic mass is 10.1. The van der Waals surface area contributed by atoms with Crippen molar-refractivity contribution in [1.82, 2.24) is 10.0 Å². The van der Waals surface area contributed by atoms with Crippen molar-refractivity contribution >= 4 is 15.9 Å². The third-order valence-corrected chi connectivity index (χ3v) is 6.26. The third kappa shape index (κ3) is 3.45. The van der Waals surface area contributed by atoms with Gasteiger partial charge >= 0.3 is 0 Å². The minimum absolute atomic E-state index is 0.0199. The number of sulfonamides is 1. The van der Waals surface area contributed by atoms with Crippen LogP contribution in [-0.4, -0.2) is 20.4 Å². The van der Waals surface area contributed by atoms with Crippen LogP contribution < -0.4 is 10.0 Å². The fourth-order valence-electron chi connectivity index (χ4n) is 3.24. The molecule has 0 heterocycles. The fraction of sp³-hybridized carbons (Fsp3) is 0.316. The van der Waals surface area contributed by atoms with Crippen molar-refractivity contribution in [2.24, 2.45) is 0 Å². The Hall–Kier alpha value is -2.18. The van der Waals surface area contributed by atoms with Crippen molar-refractivity contribution in [2.75, 3.05) is 0 Å². The average molecular weight is 356 g/mol. The van der Waals surface area contributed by atoms with Crippen LogP contribution in [0.5, 0.6) is 0 Å². The van der Waals surface area contributed by atoms with E-state index in [1.54, 1.807) is 12.1 Å². The first-order chi connectivity index (χ1) is 12.0. The summed E-state index contributed by atoms with van der Waals surface area (Å²) in [5.41, 5.74) is 2.77. The molecule has 1 amide bonds. The van der Waals surface area contributed by atoms with Crippen LogP contribution in [0.4, 0.5) is 0 Å². The zero-order valence-corrected chi connectivity index (χ0v) is 14.6. The molecule has 4 rings (SSSR count). The van der Waals surface area contributed by atoms with Crippen LogP contribution in [0.15, 0.2) is 53.4 Å². The molecule has 0 bridgehead atoms. The zero-order chi connectivity index (χ0) is 17.4. The second-order valence-corrected chi connectivity index (χ2v) is 8.40. The lowest BCUT2D eigenvalue weighted by Gasteiger charge is -2.14. The van der Waals surface area contributed by atoms with Gasteiger partial charge in [0.2, 0.25) is 10.0 Å². The third-order valence-electron chi connectivity index (χ3n) is 4.74. The molecule has 1 atom stereocenters. The molecule has 5 nitrogen and oxygen atoms in total. The molecule has 2 aliphatic rings. The number of amides is 1. The minimum atomic E-state index is -3.56. The average Bonchev–Trinajstić information content (AvgIpc) is 3.33. The summed E-state index contributed by atoms with van der Waals surface area (Å²) >= 11 is 0. The quantitative estimate of drug-likeness (QED) is 0.864. The molecule has 1 unspecified atom stereocenters. The first-order valence-corrected chi connectivity index (χ1v) is 10.0. The van der Waals surface area contributed by atoms with E-state index in [0.717, 1.165) is 31.2 Å². The molecule has 0 spiro atoms. The molecule has 2 N–H and O–H groups in total. The number of hydrogen-bond acceptors (Lipinski definition) is 3. The molecule has 0 aromatic heterocycles. The summed E-state index contributed by atoms with van der Waals surface area (Å²) in [4.78, 5) is 12.7. The number of hydrogen-bond donors (Lipinski definition) is 2.